The second-order valence-electron chi connectivity index (χ2n) is 7.61. The van der Waals surface area contributed by atoms with Gasteiger partial charge in [-0.25, -0.2) is 9.50 Å². The Bertz CT molecular complexity index is 1050. The molecule has 0 aliphatic heterocycles. The maximum Gasteiger partial charge on any atom is 0.141 e. The highest BCUT2D eigenvalue weighted by Gasteiger charge is 2.26. The van der Waals surface area contributed by atoms with Gasteiger partial charge in [-0.15, -0.1) is 16.4 Å². The lowest BCUT2D eigenvalue weighted by atomic mass is 9.80. The van der Waals surface area contributed by atoms with Gasteiger partial charge in [0.25, 0.3) is 0 Å². The van der Waals surface area contributed by atoms with Gasteiger partial charge in [0, 0.05) is 33.8 Å². The Balaban J connectivity index is 1.23. The smallest absolute Gasteiger partial charge is 0.141 e. The van der Waals surface area contributed by atoms with Crippen molar-refractivity contribution in [1.29, 1.82) is 0 Å². The summed E-state index contributed by atoms with van der Waals surface area (Å²) < 4.78 is 1.82. The second-order valence-corrected chi connectivity index (χ2v) is 8.99. The van der Waals surface area contributed by atoms with E-state index in [0.29, 0.717) is 5.92 Å². The van der Waals surface area contributed by atoms with Crippen molar-refractivity contribution in [1.82, 2.24) is 30.1 Å². The molecule has 4 aromatic rings. The molecule has 140 valence electrons. The van der Waals surface area contributed by atoms with E-state index in [1.165, 1.54) is 35.4 Å². The van der Waals surface area contributed by atoms with Crippen molar-refractivity contribution in [3.8, 4) is 0 Å². The van der Waals surface area contributed by atoms with Gasteiger partial charge >= 0.3 is 0 Å². The largest absolute Gasteiger partial charge is 0.346 e. The van der Waals surface area contributed by atoms with Crippen molar-refractivity contribution < 1.29 is 0 Å². The highest BCUT2D eigenvalue weighted by Crippen LogP contribution is 2.37. The third-order valence-corrected chi connectivity index (χ3v) is 6.76. The summed E-state index contributed by atoms with van der Waals surface area (Å²) in [6.07, 6.45) is 8.57. The molecule has 5 rings (SSSR count). The van der Waals surface area contributed by atoms with Crippen LogP contribution in [0.4, 0.5) is 0 Å². The molecule has 4 aromatic heterocycles. The summed E-state index contributed by atoms with van der Waals surface area (Å²) in [5, 5.41) is 13.6. The van der Waals surface area contributed by atoms with Crippen LogP contribution in [0.2, 0.25) is 0 Å². The van der Waals surface area contributed by atoms with Gasteiger partial charge in [-0.05, 0) is 63.3 Å². The van der Waals surface area contributed by atoms with E-state index < -0.39 is 0 Å². The fraction of sp³-hybridized carbons (Fsp3) is 0.450. The number of hydrogen-bond acceptors (Lipinski definition) is 5. The molecular weight excluding hydrogens is 356 g/mol. The molecule has 0 saturated heterocycles. The van der Waals surface area contributed by atoms with E-state index in [1.54, 1.807) is 6.33 Å². The summed E-state index contributed by atoms with van der Waals surface area (Å²) in [6, 6.07) is 6.51. The summed E-state index contributed by atoms with van der Waals surface area (Å²) in [4.78, 5) is 10.4. The summed E-state index contributed by atoms with van der Waals surface area (Å²) in [5.41, 5.74) is 3.17. The van der Waals surface area contributed by atoms with Crippen LogP contribution in [-0.2, 0) is 6.54 Å². The van der Waals surface area contributed by atoms with Crippen molar-refractivity contribution in [2.24, 2.45) is 5.92 Å². The van der Waals surface area contributed by atoms with Crippen LogP contribution in [0.5, 0.6) is 0 Å². The van der Waals surface area contributed by atoms with Crippen LogP contribution in [0.3, 0.4) is 0 Å². The first-order chi connectivity index (χ1) is 13.3. The highest BCUT2D eigenvalue weighted by atomic mass is 32.1. The third kappa shape index (κ3) is 3.26. The third-order valence-electron chi connectivity index (χ3n) is 5.76. The zero-order chi connectivity index (χ0) is 18.2. The number of H-pyrrole nitrogens is 1. The molecule has 6 nitrogen and oxygen atoms in total. The van der Waals surface area contributed by atoms with Crippen LogP contribution < -0.4 is 5.32 Å². The van der Waals surface area contributed by atoms with Crippen molar-refractivity contribution in [2.75, 3.05) is 6.54 Å². The Morgan fingerprint density at radius 1 is 1.22 bits per heavy atom. The Hall–Kier alpha value is -2.25. The van der Waals surface area contributed by atoms with Gasteiger partial charge in [0.15, 0.2) is 0 Å². The number of rotatable bonds is 5. The monoisotopic (exact) mass is 380 g/mol. The zero-order valence-electron chi connectivity index (χ0n) is 15.5. The minimum Gasteiger partial charge on any atom is -0.346 e. The Morgan fingerprint density at radius 3 is 2.93 bits per heavy atom. The second kappa shape index (κ2) is 7.05. The number of fused-ring (bicyclic) bond motifs is 3. The van der Waals surface area contributed by atoms with E-state index in [2.05, 4.69) is 50.7 Å². The first-order valence-corrected chi connectivity index (χ1v) is 10.5. The molecule has 27 heavy (non-hydrogen) atoms. The number of aromatic amines is 1. The topological polar surface area (TPSA) is 70.9 Å². The average Bonchev–Trinajstić information content (AvgIpc) is 3.40. The van der Waals surface area contributed by atoms with E-state index >= 15 is 0 Å². The predicted octanol–water partition coefficient (Wildman–Crippen LogP) is 4.04. The molecule has 1 saturated carbocycles. The number of aromatic nitrogens is 5. The molecule has 1 aliphatic carbocycles. The molecule has 2 N–H and O–H groups in total. The van der Waals surface area contributed by atoms with Crippen LogP contribution >= 0.6 is 11.3 Å². The van der Waals surface area contributed by atoms with Crippen molar-refractivity contribution in [3.63, 3.8) is 0 Å². The fourth-order valence-corrected chi connectivity index (χ4v) is 5.17. The van der Waals surface area contributed by atoms with Gasteiger partial charge in [-0.3, -0.25) is 0 Å². The zero-order valence-corrected chi connectivity index (χ0v) is 16.3. The van der Waals surface area contributed by atoms with Crippen molar-refractivity contribution >= 4 is 27.9 Å². The highest BCUT2D eigenvalue weighted by molar-refractivity contribution is 7.11. The number of nitrogens with zero attached hydrogens (tertiary/aromatic N) is 4. The number of nitrogens with one attached hydrogen (secondary N) is 2. The SMILES string of the molecule is Cc1ccc(CNCC2CCC(c3nnn4cnc5[nH]ccc5c34)CC2)s1. The lowest BCUT2D eigenvalue weighted by Gasteiger charge is -2.27. The number of thiophene rings is 1. The van der Waals surface area contributed by atoms with Gasteiger partial charge in [-0.1, -0.05) is 5.21 Å². The average molecular weight is 381 g/mol. The molecule has 0 spiro atoms. The molecule has 0 bridgehead atoms. The molecule has 0 amide bonds. The van der Waals surface area contributed by atoms with E-state index in [4.69, 9.17) is 0 Å². The molecule has 0 atom stereocenters. The molecular formula is C20H24N6S. The van der Waals surface area contributed by atoms with Gasteiger partial charge in [0.2, 0.25) is 0 Å². The summed E-state index contributed by atoms with van der Waals surface area (Å²) >= 11 is 1.89. The molecule has 1 aliphatic rings. The normalized spacial score (nSPS) is 20.6. The maximum atomic E-state index is 4.52. The minimum absolute atomic E-state index is 0.499. The molecule has 1 fully saturated rings. The van der Waals surface area contributed by atoms with Crippen molar-refractivity contribution in [3.05, 3.63) is 46.2 Å². The van der Waals surface area contributed by atoms with Crippen molar-refractivity contribution in [2.45, 2.75) is 45.1 Å². The summed E-state index contributed by atoms with van der Waals surface area (Å²) in [5.74, 6) is 1.26. The Kier molecular flexibility index (Phi) is 4.41. The first kappa shape index (κ1) is 16.9. The lowest BCUT2D eigenvalue weighted by molar-refractivity contribution is 0.312. The van der Waals surface area contributed by atoms with Gasteiger partial charge < -0.3 is 10.3 Å². The molecule has 0 unspecified atom stereocenters. The molecule has 7 heteroatoms. The van der Waals surface area contributed by atoms with Crippen LogP contribution in [0, 0.1) is 12.8 Å². The molecule has 0 aromatic carbocycles. The standard InChI is InChI=1S/C20H24N6S/c1-13-2-7-16(27-13)11-21-10-14-3-5-15(6-4-14)18-19-17-8-9-22-20(17)23-12-26(19)25-24-18/h2,7-9,12,14-15,21-22H,3-6,10-11H2,1H3. The quantitative estimate of drug-likeness (QED) is 0.548. The summed E-state index contributed by atoms with van der Waals surface area (Å²) in [7, 11) is 0. The van der Waals surface area contributed by atoms with Gasteiger partial charge in [-0.2, -0.15) is 0 Å². The van der Waals surface area contributed by atoms with Crippen LogP contribution in [0.25, 0.3) is 16.6 Å². The number of aryl methyl sites for hydroxylation is 1. The fourth-order valence-electron chi connectivity index (χ4n) is 4.31. The Labute approximate surface area is 162 Å². The Morgan fingerprint density at radius 2 is 2.11 bits per heavy atom. The van der Waals surface area contributed by atoms with E-state index in [1.807, 2.05) is 22.0 Å². The van der Waals surface area contributed by atoms with E-state index in [0.717, 1.165) is 41.3 Å². The minimum atomic E-state index is 0.499. The van der Waals surface area contributed by atoms with Crippen LogP contribution in [0.15, 0.2) is 30.7 Å². The van der Waals surface area contributed by atoms with Crippen LogP contribution in [-0.4, -0.2) is 31.3 Å². The summed E-state index contributed by atoms with van der Waals surface area (Å²) in [6.45, 7) is 4.27. The van der Waals surface area contributed by atoms with Crippen LogP contribution in [0.1, 0.15) is 47.0 Å². The molecule has 0 radical (unpaired) electrons. The van der Waals surface area contributed by atoms with Gasteiger partial charge in [0.05, 0.1) is 5.69 Å². The van der Waals surface area contributed by atoms with Gasteiger partial charge in [0.1, 0.15) is 17.5 Å². The number of hydrogen-bond donors (Lipinski definition) is 2. The molecule has 4 heterocycles. The maximum absolute atomic E-state index is 4.52. The predicted molar refractivity (Wildman–Crippen MR) is 108 cm³/mol. The van der Waals surface area contributed by atoms with E-state index in [-0.39, 0.29) is 0 Å². The lowest BCUT2D eigenvalue weighted by Crippen LogP contribution is -2.25. The first-order valence-electron chi connectivity index (χ1n) is 9.71. The van der Waals surface area contributed by atoms with E-state index in [9.17, 15) is 0 Å².